The molecule has 4 saturated carbocycles. The third-order valence-electron chi connectivity index (χ3n) is 13.4. The minimum atomic E-state index is -0.701. The summed E-state index contributed by atoms with van der Waals surface area (Å²) < 4.78 is 0. The molecule has 2 aromatic carbocycles. The van der Waals surface area contributed by atoms with Gasteiger partial charge in [0.1, 0.15) is 11.6 Å². The van der Waals surface area contributed by atoms with Gasteiger partial charge in [-0.25, -0.2) is 0 Å². The Morgan fingerprint density at radius 1 is 0.600 bits per heavy atom. The SMILES string of the molecule is CC1(C)[C@H]2CC[C@]1(C)C(=O)[C@]2(C/C=C\c1ccccc1)[C@]1(C/C=C\c2ccccc2)C(=O)[C@@]2(C)CC[C@H]1C2(C)C. The molecule has 4 fully saturated rings. The minimum absolute atomic E-state index is 0.145. The molecule has 0 N–H and O–H groups in total. The molecular weight excluding hydrogens is 488 g/mol. The van der Waals surface area contributed by atoms with Gasteiger partial charge in [0.25, 0.3) is 0 Å². The van der Waals surface area contributed by atoms with Crippen LogP contribution in [-0.2, 0) is 9.59 Å². The number of allylic oxidation sites excluding steroid dienone is 2. The van der Waals surface area contributed by atoms with E-state index >= 15 is 9.59 Å². The van der Waals surface area contributed by atoms with Gasteiger partial charge in [0.05, 0.1) is 0 Å². The summed E-state index contributed by atoms with van der Waals surface area (Å²) in [4.78, 5) is 30.4. The van der Waals surface area contributed by atoms with Gasteiger partial charge in [-0.3, -0.25) is 9.59 Å². The number of rotatable bonds is 7. The van der Waals surface area contributed by atoms with E-state index in [1.165, 1.54) is 0 Å². The maximum Gasteiger partial charge on any atom is 0.147 e. The first-order valence-corrected chi connectivity index (χ1v) is 15.4. The lowest BCUT2D eigenvalue weighted by atomic mass is 9.45. The van der Waals surface area contributed by atoms with E-state index in [2.05, 4.69) is 114 Å². The Morgan fingerprint density at radius 3 is 1.25 bits per heavy atom. The van der Waals surface area contributed by atoms with E-state index in [4.69, 9.17) is 0 Å². The summed E-state index contributed by atoms with van der Waals surface area (Å²) in [6, 6.07) is 20.7. The number of carbonyl (C=O) groups excluding carboxylic acids is 2. The molecular formula is C38H46O2. The Kier molecular flexibility index (Phi) is 6.09. The fourth-order valence-electron chi connectivity index (χ4n) is 10.6. The van der Waals surface area contributed by atoms with E-state index in [-0.39, 0.29) is 22.7 Å². The van der Waals surface area contributed by atoms with E-state index < -0.39 is 21.7 Å². The zero-order valence-electron chi connectivity index (χ0n) is 25.3. The fourth-order valence-corrected chi connectivity index (χ4v) is 10.6. The number of hydrogen-bond acceptors (Lipinski definition) is 2. The van der Waals surface area contributed by atoms with Crippen LogP contribution < -0.4 is 0 Å². The van der Waals surface area contributed by atoms with Gasteiger partial charge in [0.15, 0.2) is 0 Å². The van der Waals surface area contributed by atoms with Crippen molar-refractivity contribution in [3.63, 3.8) is 0 Å². The number of Topliss-reactive ketones (excluding diaryl/α,β-unsaturated/α-hetero) is 2. The average Bonchev–Trinajstić information content (AvgIpc) is 3.42. The Labute approximate surface area is 241 Å². The number of carbonyl (C=O) groups is 2. The van der Waals surface area contributed by atoms with Crippen LogP contribution in [0.5, 0.6) is 0 Å². The van der Waals surface area contributed by atoms with Gasteiger partial charge in [-0.2, -0.15) is 0 Å². The van der Waals surface area contributed by atoms with Crippen LogP contribution in [0.4, 0.5) is 0 Å². The van der Waals surface area contributed by atoms with E-state index in [0.717, 1.165) is 36.8 Å². The highest BCUT2D eigenvalue weighted by Gasteiger charge is 2.85. The van der Waals surface area contributed by atoms with Crippen molar-refractivity contribution in [1.29, 1.82) is 0 Å². The van der Waals surface area contributed by atoms with Crippen LogP contribution >= 0.6 is 0 Å². The number of fused-ring (bicyclic) bond motifs is 4. The van der Waals surface area contributed by atoms with E-state index in [1.807, 2.05) is 12.1 Å². The summed E-state index contributed by atoms with van der Waals surface area (Å²) >= 11 is 0. The van der Waals surface area contributed by atoms with Crippen molar-refractivity contribution in [3.8, 4) is 0 Å². The molecule has 210 valence electrons. The van der Waals surface area contributed by atoms with Crippen LogP contribution in [-0.4, -0.2) is 11.6 Å². The van der Waals surface area contributed by atoms with E-state index in [1.54, 1.807) is 0 Å². The first-order valence-electron chi connectivity index (χ1n) is 15.4. The molecule has 0 aromatic heterocycles. The lowest BCUT2D eigenvalue weighted by Crippen LogP contribution is -2.59. The first kappa shape index (κ1) is 27.4. The molecule has 0 amide bonds. The van der Waals surface area contributed by atoms with Gasteiger partial charge in [-0.15, -0.1) is 0 Å². The monoisotopic (exact) mass is 534 g/mol. The smallest absolute Gasteiger partial charge is 0.147 e. The zero-order valence-corrected chi connectivity index (χ0v) is 25.3. The Balaban J connectivity index is 1.56. The van der Waals surface area contributed by atoms with Crippen molar-refractivity contribution in [2.75, 3.05) is 0 Å². The molecule has 6 rings (SSSR count). The van der Waals surface area contributed by atoms with Crippen molar-refractivity contribution in [2.24, 2.45) is 44.3 Å². The molecule has 0 aliphatic heterocycles. The molecule has 4 aliphatic rings. The fraction of sp³-hybridized carbons (Fsp3) is 0.526. The Bertz CT molecular complexity index is 1270. The third-order valence-corrected chi connectivity index (χ3v) is 13.4. The molecule has 2 aromatic rings. The highest BCUT2D eigenvalue weighted by atomic mass is 16.1. The number of hydrogen-bond donors (Lipinski definition) is 0. The molecule has 0 spiro atoms. The number of benzene rings is 2. The van der Waals surface area contributed by atoms with Crippen molar-refractivity contribution >= 4 is 23.7 Å². The largest absolute Gasteiger partial charge is 0.298 e. The van der Waals surface area contributed by atoms with E-state index in [0.29, 0.717) is 24.4 Å². The van der Waals surface area contributed by atoms with Gasteiger partial charge in [0.2, 0.25) is 0 Å². The molecule has 2 nitrogen and oxygen atoms in total. The van der Waals surface area contributed by atoms with Crippen LogP contribution in [0, 0.1) is 44.3 Å². The van der Waals surface area contributed by atoms with Crippen molar-refractivity contribution < 1.29 is 9.59 Å². The summed E-state index contributed by atoms with van der Waals surface area (Å²) in [7, 11) is 0. The van der Waals surface area contributed by atoms with Crippen molar-refractivity contribution in [2.45, 2.75) is 80.1 Å². The van der Waals surface area contributed by atoms with Crippen LogP contribution in [0.3, 0.4) is 0 Å². The van der Waals surface area contributed by atoms with Gasteiger partial charge < -0.3 is 0 Å². The Morgan fingerprint density at radius 2 is 0.950 bits per heavy atom. The quantitative estimate of drug-likeness (QED) is 0.355. The highest BCUT2D eigenvalue weighted by molar-refractivity contribution is 6.05. The standard InChI is InChI=1S/C38H46O2/c1-33(2)29-21-25-35(33,5)31(39)37(29,23-13-19-27-15-9-7-10-16-27)38(24-14-20-28-17-11-8-12-18-28)30-22-26-36(6,32(38)40)34(30,3)4/h7-20,29-30H,21-26H2,1-6H3/b19-13-,20-14-/t29-,30+,35-,36-,37-,38+/m1/s1. The minimum Gasteiger partial charge on any atom is -0.298 e. The van der Waals surface area contributed by atoms with Crippen molar-refractivity contribution in [3.05, 3.63) is 83.9 Å². The lowest BCUT2D eigenvalue weighted by Gasteiger charge is -2.55. The molecule has 4 bridgehead atoms. The molecule has 0 saturated heterocycles. The molecule has 0 unspecified atom stereocenters. The second-order valence-corrected chi connectivity index (χ2v) is 14.9. The zero-order chi connectivity index (χ0) is 28.6. The lowest BCUT2D eigenvalue weighted by molar-refractivity contribution is -0.163. The predicted octanol–water partition coefficient (Wildman–Crippen LogP) is 9.22. The normalized spacial score (nSPS) is 39.2. The molecule has 0 heterocycles. The summed E-state index contributed by atoms with van der Waals surface area (Å²) in [5.41, 5.74) is -0.211. The van der Waals surface area contributed by atoms with Crippen LogP contribution in [0.25, 0.3) is 12.2 Å². The maximum atomic E-state index is 15.2. The topological polar surface area (TPSA) is 34.1 Å². The molecule has 0 radical (unpaired) electrons. The van der Waals surface area contributed by atoms with Gasteiger partial charge in [-0.05, 0) is 72.3 Å². The van der Waals surface area contributed by atoms with Gasteiger partial charge in [0, 0.05) is 21.7 Å². The predicted molar refractivity (Wildman–Crippen MR) is 164 cm³/mol. The van der Waals surface area contributed by atoms with E-state index in [9.17, 15) is 0 Å². The first-order chi connectivity index (χ1) is 18.9. The van der Waals surface area contributed by atoms with Crippen LogP contribution in [0.2, 0.25) is 0 Å². The van der Waals surface area contributed by atoms with Gasteiger partial charge >= 0.3 is 0 Å². The Hall–Kier alpha value is -2.74. The summed E-state index contributed by atoms with van der Waals surface area (Å²) in [5.74, 6) is 1.11. The van der Waals surface area contributed by atoms with Gasteiger partial charge in [-0.1, -0.05) is 127 Å². The molecule has 6 atom stereocenters. The molecule has 2 heteroatoms. The second-order valence-electron chi connectivity index (χ2n) is 14.9. The molecule has 4 aliphatic carbocycles. The highest BCUT2D eigenvalue weighted by Crippen LogP contribution is 2.83. The third kappa shape index (κ3) is 3.17. The number of ketones is 2. The van der Waals surface area contributed by atoms with Crippen LogP contribution in [0.15, 0.2) is 72.8 Å². The summed E-state index contributed by atoms with van der Waals surface area (Å²) in [6.45, 7) is 13.7. The average molecular weight is 535 g/mol. The maximum absolute atomic E-state index is 15.2. The van der Waals surface area contributed by atoms with Crippen LogP contribution in [0.1, 0.15) is 91.2 Å². The van der Waals surface area contributed by atoms with Crippen molar-refractivity contribution in [1.82, 2.24) is 0 Å². The summed E-state index contributed by atoms with van der Waals surface area (Å²) in [5, 5.41) is 0. The summed E-state index contributed by atoms with van der Waals surface area (Å²) in [6.07, 6.45) is 14.0. The second kappa shape index (κ2) is 8.88. The molecule has 40 heavy (non-hydrogen) atoms.